The highest BCUT2D eigenvalue weighted by molar-refractivity contribution is 5.82. The normalized spacial score (nSPS) is 16.2. The first-order chi connectivity index (χ1) is 14.7. The Bertz CT molecular complexity index is 1200. The van der Waals surface area contributed by atoms with Crippen LogP contribution < -0.4 is 4.74 Å². The van der Waals surface area contributed by atoms with E-state index in [-0.39, 0.29) is 5.82 Å². The number of rotatable bonds is 5. The Morgan fingerprint density at radius 3 is 2.77 bits per heavy atom. The molecule has 30 heavy (non-hydrogen) atoms. The largest absolute Gasteiger partial charge is 0.489 e. The van der Waals surface area contributed by atoms with Crippen molar-refractivity contribution in [2.75, 3.05) is 20.3 Å². The minimum Gasteiger partial charge on any atom is -0.489 e. The van der Waals surface area contributed by atoms with Crippen LogP contribution in [0.25, 0.3) is 16.6 Å². The number of methoxy groups -OCH3 is 1. The molecule has 0 bridgehead atoms. The molecule has 0 saturated carbocycles. The van der Waals surface area contributed by atoms with Gasteiger partial charge in [-0.05, 0) is 46.8 Å². The summed E-state index contributed by atoms with van der Waals surface area (Å²) in [5, 5.41) is 1.12. The van der Waals surface area contributed by atoms with Gasteiger partial charge in [0.2, 0.25) is 0 Å². The topological polar surface area (TPSA) is 45.0 Å². The van der Waals surface area contributed by atoms with Crippen LogP contribution in [-0.4, -0.2) is 29.7 Å². The van der Waals surface area contributed by atoms with E-state index >= 15 is 0 Å². The predicted molar refractivity (Wildman–Crippen MR) is 112 cm³/mol. The second-order valence-corrected chi connectivity index (χ2v) is 7.66. The van der Waals surface area contributed by atoms with Crippen LogP contribution in [-0.2, 0) is 21.7 Å². The van der Waals surface area contributed by atoms with Crippen LogP contribution in [0, 0.1) is 5.82 Å². The molecule has 5 nitrogen and oxygen atoms in total. The average molecular weight is 406 g/mol. The fourth-order valence-electron chi connectivity index (χ4n) is 4.22. The smallest absolute Gasteiger partial charge is 0.137 e. The third-order valence-electron chi connectivity index (χ3n) is 5.93. The van der Waals surface area contributed by atoms with Gasteiger partial charge in [0.15, 0.2) is 0 Å². The summed E-state index contributed by atoms with van der Waals surface area (Å²) in [5.74, 6) is 0.165. The predicted octanol–water partition coefficient (Wildman–Crippen LogP) is 4.86. The number of benzene rings is 2. The summed E-state index contributed by atoms with van der Waals surface area (Å²) in [6.45, 7) is 1.54. The highest BCUT2D eigenvalue weighted by atomic mass is 19.1. The van der Waals surface area contributed by atoms with E-state index in [2.05, 4.69) is 23.2 Å². The maximum atomic E-state index is 14.4. The van der Waals surface area contributed by atoms with E-state index in [0.29, 0.717) is 38.4 Å². The molecule has 0 spiro atoms. The molecule has 3 heterocycles. The average Bonchev–Trinajstić information content (AvgIpc) is 3.27. The van der Waals surface area contributed by atoms with E-state index < -0.39 is 5.60 Å². The quantitative estimate of drug-likeness (QED) is 0.475. The first-order valence-electron chi connectivity index (χ1n) is 10.1. The molecule has 1 fully saturated rings. The summed E-state index contributed by atoms with van der Waals surface area (Å²) >= 11 is 0. The van der Waals surface area contributed by atoms with Crippen molar-refractivity contribution in [1.82, 2.24) is 9.38 Å². The maximum absolute atomic E-state index is 14.4. The van der Waals surface area contributed by atoms with Gasteiger partial charge < -0.3 is 14.2 Å². The van der Waals surface area contributed by atoms with Gasteiger partial charge in [0, 0.05) is 51.6 Å². The number of ether oxygens (including phenoxy) is 3. The van der Waals surface area contributed by atoms with E-state index in [1.54, 1.807) is 13.3 Å². The van der Waals surface area contributed by atoms with Crippen molar-refractivity contribution in [3.8, 4) is 5.75 Å². The lowest BCUT2D eigenvalue weighted by atomic mass is 9.86. The lowest BCUT2D eigenvalue weighted by molar-refractivity contribution is -0.0950. The van der Waals surface area contributed by atoms with Gasteiger partial charge in [0.25, 0.3) is 0 Å². The molecule has 2 aromatic carbocycles. The monoisotopic (exact) mass is 406 g/mol. The Labute approximate surface area is 174 Å². The Balaban J connectivity index is 1.42. The van der Waals surface area contributed by atoms with Crippen molar-refractivity contribution >= 4 is 16.6 Å². The van der Waals surface area contributed by atoms with Crippen molar-refractivity contribution in [2.45, 2.75) is 25.0 Å². The highest BCUT2D eigenvalue weighted by Gasteiger charge is 2.35. The summed E-state index contributed by atoms with van der Waals surface area (Å²) < 4.78 is 33.7. The SMILES string of the molecule is COC1(c2cc(F)cc(OCc3ccc4ccc5nccn5c4c3)c2)CCOCC1. The Kier molecular flexibility index (Phi) is 4.89. The third-order valence-corrected chi connectivity index (χ3v) is 5.93. The van der Waals surface area contributed by atoms with Crippen LogP contribution in [0.5, 0.6) is 5.75 Å². The number of pyridine rings is 1. The highest BCUT2D eigenvalue weighted by Crippen LogP contribution is 2.37. The van der Waals surface area contributed by atoms with E-state index in [0.717, 1.165) is 27.7 Å². The van der Waals surface area contributed by atoms with Gasteiger partial charge in [-0.2, -0.15) is 0 Å². The van der Waals surface area contributed by atoms with Crippen molar-refractivity contribution < 1.29 is 18.6 Å². The number of hydrogen-bond donors (Lipinski definition) is 0. The Morgan fingerprint density at radius 2 is 1.93 bits per heavy atom. The molecule has 0 atom stereocenters. The second-order valence-electron chi connectivity index (χ2n) is 7.66. The van der Waals surface area contributed by atoms with E-state index in [4.69, 9.17) is 14.2 Å². The van der Waals surface area contributed by atoms with Crippen molar-refractivity contribution in [1.29, 1.82) is 0 Å². The van der Waals surface area contributed by atoms with Crippen LogP contribution in [0.3, 0.4) is 0 Å². The zero-order valence-corrected chi connectivity index (χ0v) is 16.8. The molecule has 1 aliphatic rings. The van der Waals surface area contributed by atoms with Gasteiger partial charge in [-0.3, -0.25) is 4.40 Å². The molecular weight excluding hydrogens is 383 g/mol. The molecule has 4 aromatic rings. The molecule has 0 N–H and O–H groups in total. The van der Waals surface area contributed by atoms with Crippen LogP contribution in [0.15, 0.2) is 60.9 Å². The molecule has 154 valence electrons. The molecular formula is C24H23FN2O3. The fourth-order valence-corrected chi connectivity index (χ4v) is 4.22. The minimum absolute atomic E-state index is 0.330. The molecule has 0 unspecified atom stereocenters. The van der Waals surface area contributed by atoms with Crippen LogP contribution in [0.1, 0.15) is 24.0 Å². The number of fused-ring (bicyclic) bond motifs is 3. The van der Waals surface area contributed by atoms with Crippen molar-refractivity contribution in [3.05, 3.63) is 77.9 Å². The van der Waals surface area contributed by atoms with Gasteiger partial charge in [0.1, 0.15) is 23.8 Å². The molecule has 0 amide bonds. The summed E-state index contributed by atoms with van der Waals surface area (Å²) in [4.78, 5) is 4.34. The van der Waals surface area contributed by atoms with Crippen LogP contribution in [0.4, 0.5) is 4.39 Å². The van der Waals surface area contributed by atoms with E-state index in [1.165, 1.54) is 12.1 Å². The summed E-state index contributed by atoms with van der Waals surface area (Å²) in [6.07, 6.45) is 5.11. The Morgan fingerprint density at radius 1 is 1.10 bits per heavy atom. The molecule has 2 aromatic heterocycles. The fraction of sp³-hybridized carbons (Fsp3) is 0.292. The molecule has 5 rings (SSSR count). The third kappa shape index (κ3) is 3.42. The number of halogens is 1. The number of hydrogen-bond acceptors (Lipinski definition) is 4. The molecule has 0 aliphatic carbocycles. The zero-order chi connectivity index (χ0) is 20.6. The van der Waals surface area contributed by atoms with Crippen molar-refractivity contribution in [3.63, 3.8) is 0 Å². The maximum Gasteiger partial charge on any atom is 0.137 e. The lowest BCUT2D eigenvalue weighted by Crippen LogP contribution is -2.35. The molecule has 1 aliphatic heterocycles. The lowest BCUT2D eigenvalue weighted by Gasteiger charge is -2.36. The molecule has 0 radical (unpaired) electrons. The number of nitrogens with zero attached hydrogens (tertiary/aromatic N) is 2. The Hall–Kier alpha value is -2.96. The first kappa shape index (κ1) is 19.0. The summed E-state index contributed by atoms with van der Waals surface area (Å²) in [5.41, 5.74) is 3.22. The molecule has 1 saturated heterocycles. The zero-order valence-electron chi connectivity index (χ0n) is 16.8. The second kappa shape index (κ2) is 7.70. The number of imidazole rings is 1. The first-order valence-corrected chi connectivity index (χ1v) is 10.1. The van der Waals surface area contributed by atoms with Crippen molar-refractivity contribution in [2.24, 2.45) is 0 Å². The van der Waals surface area contributed by atoms with Gasteiger partial charge >= 0.3 is 0 Å². The summed E-state index contributed by atoms with van der Waals surface area (Å²) in [6, 6.07) is 15.1. The van der Waals surface area contributed by atoms with Crippen LogP contribution in [0.2, 0.25) is 0 Å². The van der Waals surface area contributed by atoms with Gasteiger partial charge in [-0.25, -0.2) is 9.37 Å². The van der Waals surface area contributed by atoms with Crippen LogP contribution >= 0.6 is 0 Å². The van der Waals surface area contributed by atoms with Gasteiger partial charge in [-0.15, -0.1) is 0 Å². The minimum atomic E-state index is -0.533. The van der Waals surface area contributed by atoms with Gasteiger partial charge in [0.05, 0.1) is 11.1 Å². The number of aromatic nitrogens is 2. The van der Waals surface area contributed by atoms with E-state index in [9.17, 15) is 4.39 Å². The molecule has 6 heteroatoms. The summed E-state index contributed by atoms with van der Waals surface area (Å²) in [7, 11) is 1.67. The standard InChI is InChI=1S/C24H23FN2O3/c1-28-24(6-10-29-11-7-24)19-13-20(25)15-21(14-19)30-16-17-2-3-18-4-5-23-26-8-9-27(23)22(18)12-17/h2-5,8-9,12-15H,6-7,10-11,16H2,1H3. The van der Waals surface area contributed by atoms with E-state index in [1.807, 2.05) is 28.8 Å². The van der Waals surface area contributed by atoms with Gasteiger partial charge in [-0.1, -0.05) is 12.1 Å².